The molecule has 1 atom stereocenters. The SMILES string of the molecule is COC(=O)C[C@](C)(N)c1ccc(F)cc1.Cl. The minimum absolute atomic E-state index is 0. The highest BCUT2D eigenvalue weighted by Crippen LogP contribution is 2.22. The lowest BCUT2D eigenvalue weighted by molar-refractivity contribution is -0.141. The van der Waals surface area contributed by atoms with E-state index in [1.54, 1.807) is 19.1 Å². The number of hydrogen-bond donors (Lipinski definition) is 1. The monoisotopic (exact) mass is 247 g/mol. The number of hydrogen-bond acceptors (Lipinski definition) is 3. The summed E-state index contributed by atoms with van der Waals surface area (Å²) in [5.41, 5.74) is 5.81. The van der Waals surface area contributed by atoms with Crippen LogP contribution in [0.1, 0.15) is 18.9 Å². The van der Waals surface area contributed by atoms with Gasteiger partial charge in [-0.15, -0.1) is 12.4 Å². The van der Waals surface area contributed by atoms with Gasteiger partial charge in [0.15, 0.2) is 0 Å². The van der Waals surface area contributed by atoms with Crippen molar-refractivity contribution < 1.29 is 13.9 Å². The van der Waals surface area contributed by atoms with E-state index in [1.165, 1.54) is 19.2 Å². The van der Waals surface area contributed by atoms with Crippen LogP contribution in [0.3, 0.4) is 0 Å². The molecule has 0 radical (unpaired) electrons. The normalized spacial score (nSPS) is 13.5. The van der Waals surface area contributed by atoms with Gasteiger partial charge in [-0.25, -0.2) is 4.39 Å². The predicted molar refractivity (Wildman–Crippen MR) is 61.8 cm³/mol. The van der Waals surface area contributed by atoms with Crippen molar-refractivity contribution in [1.82, 2.24) is 0 Å². The molecule has 1 aromatic carbocycles. The fourth-order valence-electron chi connectivity index (χ4n) is 1.30. The topological polar surface area (TPSA) is 52.3 Å². The van der Waals surface area contributed by atoms with E-state index in [4.69, 9.17) is 5.73 Å². The standard InChI is InChI=1S/C11H14FNO2.ClH/c1-11(13,7-10(14)15-2)8-3-5-9(12)6-4-8;/h3-6H,7,13H2,1-2H3;1H/t11-;/m0./s1. The van der Waals surface area contributed by atoms with Crippen LogP contribution in [0.5, 0.6) is 0 Å². The average molecular weight is 248 g/mol. The van der Waals surface area contributed by atoms with E-state index in [0.29, 0.717) is 5.56 Å². The first-order chi connectivity index (χ1) is 6.95. The molecule has 0 bridgehead atoms. The van der Waals surface area contributed by atoms with Gasteiger partial charge in [0.2, 0.25) is 0 Å². The maximum Gasteiger partial charge on any atom is 0.307 e. The van der Waals surface area contributed by atoms with Crippen LogP contribution < -0.4 is 5.73 Å². The van der Waals surface area contributed by atoms with Gasteiger partial charge >= 0.3 is 5.97 Å². The summed E-state index contributed by atoms with van der Waals surface area (Å²) in [4.78, 5) is 11.1. The van der Waals surface area contributed by atoms with Gasteiger partial charge in [0.25, 0.3) is 0 Å². The van der Waals surface area contributed by atoms with Gasteiger partial charge < -0.3 is 10.5 Å². The summed E-state index contributed by atoms with van der Waals surface area (Å²) in [6, 6.07) is 5.77. The van der Waals surface area contributed by atoms with Crippen molar-refractivity contribution in [2.45, 2.75) is 18.9 Å². The van der Waals surface area contributed by atoms with Crippen molar-refractivity contribution in [2.24, 2.45) is 5.73 Å². The number of carbonyl (C=O) groups is 1. The molecule has 0 fully saturated rings. The Balaban J connectivity index is 0.00000225. The first kappa shape index (κ1) is 14.9. The number of rotatable bonds is 3. The van der Waals surface area contributed by atoms with E-state index >= 15 is 0 Å². The van der Waals surface area contributed by atoms with Crippen molar-refractivity contribution >= 4 is 18.4 Å². The lowest BCUT2D eigenvalue weighted by Crippen LogP contribution is -2.35. The number of benzene rings is 1. The van der Waals surface area contributed by atoms with Gasteiger partial charge in [0.1, 0.15) is 5.82 Å². The summed E-state index contributed by atoms with van der Waals surface area (Å²) in [5, 5.41) is 0. The summed E-state index contributed by atoms with van der Waals surface area (Å²) >= 11 is 0. The summed E-state index contributed by atoms with van der Waals surface area (Å²) < 4.78 is 17.2. The number of carbonyl (C=O) groups excluding carboxylic acids is 1. The van der Waals surface area contributed by atoms with Gasteiger partial charge in [0, 0.05) is 5.54 Å². The van der Waals surface area contributed by atoms with E-state index < -0.39 is 5.54 Å². The molecule has 90 valence electrons. The third kappa shape index (κ3) is 3.79. The van der Waals surface area contributed by atoms with Crippen LogP contribution in [-0.2, 0) is 15.1 Å². The molecule has 0 amide bonds. The Labute approximate surface area is 100 Å². The van der Waals surface area contributed by atoms with E-state index in [9.17, 15) is 9.18 Å². The Morgan fingerprint density at radius 1 is 1.44 bits per heavy atom. The molecule has 0 aliphatic heterocycles. The zero-order valence-electron chi connectivity index (χ0n) is 9.20. The molecule has 0 aliphatic carbocycles. The van der Waals surface area contributed by atoms with Crippen LogP contribution >= 0.6 is 12.4 Å². The number of esters is 1. The fourth-order valence-corrected chi connectivity index (χ4v) is 1.30. The molecule has 0 spiro atoms. The first-order valence-corrected chi connectivity index (χ1v) is 4.57. The largest absolute Gasteiger partial charge is 0.469 e. The number of methoxy groups -OCH3 is 1. The maximum atomic E-state index is 12.7. The molecule has 0 saturated heterocycles. The van der Waals surface area contributed by atoms with Crippen LogP contribution in [0.2, 0.25) is 0 Å². The lowest BCUT2D eigenvalue weighted by atomic mass is 9.90. The molecule has 0 saturated carbocycles. The zero-order chi connectivity index (χ0) is 11.5. The van der Waals surface area contributed by atoms with Crippen molar-refractivity contribution in [1.29, 1.82) is 0 Å². The van der Waals surface area contributed by atoms with Crippen molar-refractivity contribution in [2.75, 3.05) is 7.11 Å². The molecule has 16 heavy (non-hydrogen) atoms. The smallest absolute Gasteiger partial charge is 0.307 e. The molecule has 5 heteroatoms. The van der Waals surface area contributed by atoms with Crippen LogP contribution in [0, 0.1) is 5.82 Å². The van der Waals surface area contributed by atoms with Gasteiger partial charge in [-0.05, 0) is 24.6 Å². The van der Waals surface area contributed by atoms with Gasteiger partial charge in [-0.3, -0.25) is 4.79 Å². The van der Waals surface area contributed by atoms with Crippen LogP contribution in [0.4, 0.5) is 4.39 Å². The zero-order valence-corrected chi connectivity index (χ0v) is 10.0. The predicted octanol–water partition coefficient (Wildman–Crippen LogP) is 1.98. The molecule has 3 nitrogen and oxygen atoms in total. The molecule has 0 aromatic heterocycles. The molecule has 2 N–H and O–H groups in total. The van der Waals surface area contributed by atoms with Gasteiger partial charge in [-0.1, -0.05) is 12.1 Å². The molecular weight excluding hydrogens is 233 g/mol. The second-order valence-electron chi connectivity index (χ2n) is 3.68. The average Bonchev–Trinajstić information content (AvgIpc) is 2.17. The fraction of sp³-hybridized carbons (Fsp3) is 0.364. The molecule has 0 heterocycles. The second-order valence-corrected chi connectivity index (χ2v) is 3.68. The van der Waals surface area contributed by atoms with E-state index in [-0.39, 0.29) is 30.6 Å². The highest BCUT2D eigenvalue weighted by Gasteiger charge is 2.25. The summed E-state index contributed by atoms with van der Waals surface area (Å²) in [7, 11) is 1.31. The van der Waals surface area contributed by atoms with Gasteiger partial charge in [-0.2, -0.15) is 0 Å². The van der Waals surface area contributed by atoms with Crippen molar-refractivity contribution in [3.05, 3.63) is 35.6 Å². The summed E-state index contributed by atoms with van der Waals surface area (Å²) in [6.07, 6.45) is 0.0646. The Morgan fingerprint density at radius 3 is 2.38 bits per heavy atom. The minimum Gasteiger partial charge on any atom is -0.469 e. The Hall–Kier alpha value is -1.13. The lowest BCUT2D eigenvalue weighted by Gasteiger charge is -2.23. The first-order valence-electron chi connectivity index (χ1n) is 4.57. The Bertz CT molecular complexity index is 352. The van der Waals surface area contributed by atoms with Crippen LogP contribution in [0.15, 0.2) is 24.3 Å². The van der Waals surface area contributed by atoms with E-state index in [2.05, 4.69) is 4.74 Å². The minimum atomic E-state index is -0.833. The maximum absolute atomic E-state index is 12.7. The van der Waals surface area contributed by atoms with Crippen LogP contribution in [-0.4, -0.2) is 13.1 Å². The Morgan fingerprint density at radius 2 is 1.94 bits per heavy atom. The highest BCUT2D eigenvalue weighted by molar-refractivity contribution is 5.85. The molecule has 0 aliphatic rings. The van der Waals surface area contributed by atoms with Crippen molar-refractivity contribution in [3.8, 4) is 0 Å². The quantitative estimate of drug-likeness (QED) is 0.831. The third-order valence-electron chi connectivity index (χ3n) is 2.24. The highest BCUT2D eigenvalue weighted by atomic mass is 35.5. The molecular formula is C11H15ClFNO2. The van der Waals surface area contributed by atoms with Crippen molar-refractivity contribution in [3.63, 3.8) is 0 Å². The molecule has 1 rings (SSSR count). The second kappa shape index (κ2) is 5.82. The van der Waals surface area contributed by atoms with Crippen LogP contribution in [0.25, 0.3) is 0 Å². The summed E-state index contributed by atoms with van der Waals surface area (Å²) in [5.74, 6) is -0.711. The molecule has 1 aromatic rings. The third-order valence-corrected chi connectivity index (χ3v) is 2.24. The number of ether oxygens (including phenoxy) is 1. The number of halogens is 2. The Kier molecular flexibility index (Phi) is 5.41. The van der Waals surface area contributed by atoms with E-state index in [1.807, 2.05) is 0 Å². The summed E-state index contributed by atoms with van der Waals surface area (Å²) in [6.45, 7) is 1.71. The molecule has 0 unspecified atom stereocenters. The van der Waals surface area contributed by atoms with E-state index in [0.717, 1.165) is 0 Å². The number of nitrogens with two attached hydrogens (primary N) is 1. The van der Waals surface area contributed by atoms with Gasteiger partial charge in [0.05, 0.1) is 13.5 Å².